The van der Waals surface area contributed by atoms with Crippen LogP contribution in [-0.4, -0.2) is 0 Å². The minimum Gasteiger partial charge on any atom is -0.456 e. The van der Waals surface area contributed by atoms with Crippen molar-refractivity contribution in [2.45, 2.75) is 5.41 Å². The van der Waals surface area contributed by atoms with Crippen LogP contribution in [0.4, 0.5) is 17.1 Å². The van der Waals surface area contributed by atoms with Gasteiger partial charge in [-0.1, -0.05) is 158 Å². The molecule has 0 bridgehead atoms. The van der Waals surface area contributed by atoms with Gasteiger partial charge in [-0.3, -0.25) is 0 Å². The number of anilines is 3. The summed E-state index contributed by atoms with van der Waals surface area (Å²) in [6, 6.07) is 73.8. The van der Waals surface area contributed by atoms with E-state index in [0.717, 1.165) is 39.0 Å². The third-order valence-corrected chi connectivity index (χ3v) is 12.8. The monoisotopic (exact) mass is 723 g/mol. The molecule has 2 aliphatic carbocycles. The Labute approximate surface area is 329 Å². The zero-order valence-corrected chi connectivity index (χ0v) is 30.9. The summed E-state index contributed by atoms with van der Waals surface area (Å²) in [4.78, 5) is 2.46. The Morgan fingerprint density at radius 1 is 0.316 bits per heavy atom. The van der Waals surface area contributed by atoms with E-state index in [1.54, 1.807) is 0 Å². The topological polar surface area (TPSA) is 16.4 Å². The van der Waals surface area contributed by atoms with Gasteiger partial charge in [0.05, 0.1) is 16.5 Å². The summed E-state index contributed by atoms with van der Waals surface area (Å²) in [6.45, 7) is 0. The Hall–Kier alpha value is -7.42. The molecule has 1 aromatic heterocycles. The largest absolute Gasteiger partial charge is 0.456 e. The normalized spacial score (nSPS) is 13.4. The third-order valence-electron chi connectivity index (χ3n) is 12.8. The van der Waals surface area contributed by atoms with Crippen LogP contribution in [0.15, 0.2) is 205 Å². The number of fused-ring (bicyclic) bond motifs is 19. The van der Waals surface area contributed by atoms with E-state index < -0.39 is 5.41 Å². The van der Waals surface area contributed by atoms with Crippen molar-refractivity contribution < 1.29 is 4.42 Å². The Bertz CT molecular complexity index is 3420. The number of nitrogens with zero attached hydrogens (tertiary/aromatic N) is 1. The van der Waals surface area contributed by atoms with Gasteiger partial charge in [-0.25, -0.2) is 0 Å². The molecule has 10 aromatic carbocycles. The SMILES string of the molecule is c1ccc2c(c1)-c1ccccc1C21c2ccccc2-c2cc(N(c3ccc4c5ccccc5c5ccccc5c4c3)c3cccc4oc5ccccc5c34)ccc21. The molecule has 11 aromatic rings. The lowest BCUT2D eigenvalue weighted by molar-refractivity contribution is 0.669. The van der Waals surface area contributed by atoms with E-state index in [2.05, 4.69) is 199 Å². The van der Waals surface area contributed by atoms with E-state index in [1.165, 1.54) is 76.8 Å². The summed E-state index contributed by atoms with van der Waals surface area (Å²) in [5.41, 5.74) is 15.2. The molecule has 0 saturated heterocycles. The minimum absolute atomic E-state index is 0.397. The summed E-state index contributed by atoms with van der Waals surface area (Å²) in [5.74, 6) is 0. The molecule has 57 heavy (non-hydrogen) atoms. The predicted molar refractivity (Wildman–Crippen MR) is 237 cm³/mol. The maximum atomic E-state index is 6.51. The number of hydrogen-bond acceptors (Lipinski definition) is 2. The Kier molecular flexibility index (Phi) is 6.13. The highest BCUT2D eigenvalue weighted by molar-refractivity contribution is 6.26. The Morgan fingerprint density at radius 2 is 0.772 bits per heavy atom. The second-order valence-electron chi connectivity index (χ2n) is 15.5. The first-order valence-electron chi connectivity index (χ1n) is 19.8. The molecule has 0 amide bonds. The van der Waals surface area contributed by atoms with E-state index in [4.69, 9.17) is 4.42 Å². The average molecular weight is 724 g/mol. The molecular formula is C55H33NO. The van der Waals surface area contributed by atoms with Crippen molar-refractivity contribution in [2.75, 3.05) is 4.90 Å². The van der Waals surface area contributed by atoms with Gasteiger partial charge in [0.2, 0.25) is 0 Å². The molecule has 0 unspecified atom stereocenters. The number of hydrogen-bond donors (Lipinski definition) is 0. The highest BCUT2D eigenvalue weighted by Crippen LogP contribution is 2.63. The number of benzene rings is 10. The van der Waals surface area contributed by atoms with Crippen molar-refractivity contribution in [3.63, 3.8) is 0 Å². The second kappa shape index (κ2) is 11.3. The third kappa shape index (κ3) is 3.99. The van der Waals surface area contributed by atoms with Gasteiger partial charge < -0.3 is 9.32 Å². The van der Waals surface area contributed by atoms with Crippen molar-refractivity contribution in [1.82, 2.24) is 0 Å². The zero-order valence-electron chi connectivity index (χ0n) is 30.9. The van der Waals surface area contributed by atoms with Crippen LogP contribution in [0, 0.1) is 0 Å². The first-order chi connectivity index (χ1) is 28.3. The standard InChI is InChI=1S/C55H33NO/c1-2-16-38-36(14-1)37-15-3-4-17-39(37)45-32-34(28-30-40(38)45)56(51-25-13-27-53-54(51)44-21-8-12-26-52(44)57-53)35-29-31-50-46(33-35)43-20-7-11-24-49(43)55(50)47-22-9-5-18-41(47)42-19-6-10-23-48(42)55/h1-33H. The molecule has 0 saturated carbocycles. The van der Waals surface area contributed by atoms with Gasteiger partial charge in [0.25, 0.3) is 0 Å². The smallest absolute Gasteiger partial charge is 0.137 e. The number of furan rings is 1. The summed E-state index contributed by atoms with van der Waals surface area (Å²) >= 11 is 0. The first-order valence-corrected chi connectivity index (χ1v) is 19.8. The molecule has 0 fully saturated rings. The summed E-state index contributed by atoms with van der Waals surface area (Å²) in [6.07, 6.45) is 0. The fourth-order valence-electron chi connectivity index (χ4n) is 10.6. The van der Waals surface area contributed by atoms with Crippen LogP contribution in [0.2, 0.25) is 0 Å². The van der Waals surface area contributed by atoms with Crippen LogP contribution in [0.1, 0.15) is 22.3 Å². The zero-order chi connectivity index (χ0) is 37.2. The van der Waals surface area contributed by atoms with Crippen molar-refractivity contribution >= 4 is 71.3 Å². The van der Waals surface area contributed by atoms with Crippen molar-refractivity contribution in [1.29, 1.82) is 0 Å². The lowest BCUT2D eigenvalue weighted by atomic mass is 9.70. The van der Waals surface area contributed by atoms with Crippen molar-refractivity contribution in [3.8, 4) is 22.3 Å². The van der Waals surface area contributed by atoms with Crippen LogP contribution < -0.4 is 4.90 Å². The van der Waals surface area contributed by atoms with Crippen molar-refractivity contribution in [3.05, 3.63) is 222 Å². The van der Waals surface area contributed by atoms with Crippen LogP contribution in [0.25, 0.3) is 76.5 Å². The highest BCUT2D eigenvalue weighted by atomic mass is 16.3. The summed E-state index contributed by atoms with van der Waals surface area (Å²) in [5, 5.41) is 9.77. The molecule has 2 nitrogen and oxygen atoms in total. The quantitative estimate of drug-likeness (QED) is 0.169. The minimum atomic E-state index is -0.397. The van der Waals surface area contributed by atoms with Crippen LogP contribution in [-0.2, 0) is 5.41 Å². The van der Waals surface area contributed by atoms with E-state index in [9.17, 15) is 0 Å². The molecule has 13 rings (SSSR count). The average Bonchev–Trinajstić information content (AvgIpc) is 3.91. The van der Waals surface area contributed by atoms with Crippen LogP contribution in [0.3, 0.4) is 0 Å². The highest BCUT2D eigenvalue weighted by Gasteiger charge is 2.51. The molecule has 1 heterocycles. The second-order valence-corrected chi connectivity index (χ2v) is 15.5. The molecular weight excluding hydrogens is 691 g/mol. The van der Waals surface area contributed by atoms with E-state index in [1.807, 2.05) is 6.07 Å². The van der Waals surface area contributed by atoms with Gasteiger partial charge in [-0.05, 0) is 119 Å². The molecule has 0 N–H and O–H groups in total. The summed E-state index contributed by atoms with van der Waals surface area (Å²) < 4.78 is 6.51. The Balaban J connectivity index is 1.12. The molecule has 1 spiro atoms. The van der Waals surface area contributed by atoms with Gasteiger partial charge in [0, 0.05) is 16.8 Å². The molecule has 0 atom stereocenters. The number of para-hydroxylation sites is 1. The number of rotatable bonds is 3. The maximum Gasteiger partial charge on any atom is 0.137 e. The van der Waals surface area contributed by atoms with E-state index in [0.29, 0.717) is 0 Å². The van der Waals surface area contributed by atoms with Gasteiger partial charge in [0.15, 0.2) is 0 Å². The molecule has 2 aliphatic rings. The van der Waals surface area contributed by atoms with E-state index in [-0.39, 0.29) is 0 Å². The van der Waals surface area contributed by atoms with Crippen molar-refractivity contribution in [2.24, 2.45) is 0 Å². The van der Waals surface area contributed by atoms with Crippen LogP contribution >= 0.6 is 0 Å². The van der Waals surface area contributed by atoms with Gasteiger partial charge in [-0.2, -0.15) is 0 Å². The molecule has 264 valence electrons. The molecule has 0 aliphatic heterocycles. The molecule has 2 heteroatoms. The fourth-order valence-corrected chi connectivity index (χ4v) is 10.6. The first kappa shape index (κ1) is 30.9. The predicted octanol–water partition coefficient (Wildman–Crippen LogP) is 14.9. The van der Waals surface area contributed by atoms with Gasteiger partial charge in [-0.15, -0.1) is 0 Å². The summed E-state index contributed by atoms with van der Waals surface area (Å²) in [7, 11) is 0. The molecule has 0 radical (unpaired) electrons. The van der Waals surface area contributed by atoms with E-state index >= 15 is 0 Å². The van der Waals surface area contributed by atoms with Crippen LogP contribution in [0.5, 0.6) is 0 Å². The Morgan fingerprint density at radius 3 is 1.42 bits per heavy atom. The fraction of sp³-hybridized carbons (Fsp3) is 0.0182. The maximum absolute atomic E-state index is 6.51. The van der Waals surface area contributed by atoms with Gasteiger partial charge >= 0.3 is 0 Å². The lowest BCUT2D eigenvalue weighted by Crippen LogP contribution is -2.25. The van der Waals surface area contributed by atoms with Gasteiger partial charge in [0.1, 0.15) is 11.2 Å². The lowest BCUT2D eigenvalue weighted by Gasteiger charge is -2.31.